The van der Waals surface area contributed by atoms with Gasteiger partial charge in [-0.2, -0.15) is 0 Å². The predicted molar refractivity (Wildman–Crippen MR) is 60.2 cm³/mol. The van der Waals surface area contributed by atoms with E-state index < -0.39 is 0 Å². The van der Waals surface area contributed by atoms with E-state index in [9.17, 15) is 4.79 Å². The third kappa shape index (κ3) is 3.11. The average Bonchev–Trinajstić information content (AvgIpc) is 2.31. The molecule has 1 unspecified atom stereocenters. The van der Waals surface area contributed by atoms with Gasteiger partial charge in [0.05, 0.1) is 0 Å². The maximum absolute atomic E-state index is 11.6. The van der Waals surface area contributed by atoms with Crippen molar-refractivity contribution in [3.8, 4) is 0 Å². The first-order chi connectivity index (χ1) is 6.63. The number of Topliss-reactive ketones (excluding diaryl/α,β-unsaturated/α-hetero) is 1. The number of rotatable bonds is 3. The third-order valence-electron chi connectivity index (χ3n) is 3.60. The number of carbonyl (C=O) groups excluding carboxylic acids is 1. The van der Waals surface area contributed by atoms with Crippen molar-refractivity contribution in [2.45, 2.75) is 59.3 Å². The van der Waals surface area contributed by atoms with Crippen LogP contribution in [0.5, 0.6) is 0 Å². The van der Waals surface area contributed by atoms with Crippen molar-refractivity contribution in [1.82, 2.24) is 0 Å². The van der Waals surface area contributed by atoms with E-state index in [2.05, 4.69) is 13.8 Å². The van der Waals surface area contributed by atoms with Gasteiger partial charge in [0.15, 0.2) is 0 Å². The minimum absolute atomic E-state index is 0.327. The standard InChI is InChI=1S/C13H24O/c1-10(2)13(11(3)14)12-8-6-4-5-7-9-12/h10,12-13H,4-9H2,1-3H3. The Balaban J connectivity index is 2.60. The molecule has 14 heavy (non-hydrogen) atoms. The Kier molecular flexibility index (Phi) is 4.64. The van der Waals surface area contributed by atoms with Crippen molar-refractivity contribution in [2.75, 3.05) is 0 Å². The SMILES string of the molecule is CC(=O)C(C(C)C)C1CCCCCC1. The van der Waals surface area contributed by atoms with Crippen LogP contribution >= 0.6 is 0 Å². The Bertz CT molecular complexity index is 176. The second kappa shape index (κ2) is 5.53. The van der Waals surface area contributed by atoms with Crippen LogP contribution in [0.15, 0.2) is 0 Å². The number of hydrogen-bond donors (Lipinski definition) is 0. The van der Waals surface area contributed by atoms with Gasteiger partial charge in [0, 0.05) is 5.92 Å². The molecular formula is C13H24O. The summed E-state index contributed by atoms with van der Waals surface area (Å²) in [4.78, 5) is 11.6. The molecule has 0 aliphatic heterocycles. The van der Waals surface area contributed by atoms with Crippen molar-refractivity contribution >= 4 is 5.78 Å². The molecular weight excluding hydrogens is 172 g/mol. The molecule has 0 aromatic carbocycles. The van der Waals surface area contributed by atoms with Gasteiger partial charge in [-0.3, -0.25) is 4.79 Å². The number of ketones is 1. The van der Waals surface area contributed by atoms with E-state index in [0.717, 1.165) is 0 Å². The van der Waals surface area contributed by atoms with E-state index in [1.165, 1.54) is 38.5 Å². The zero-order valence-electron chi connectivity index (χ0n) is 9.88. The Morgan fingerprint density at radius 2 is 1.57 bits per heavy atom. The molecule has 0 N–H and O–H groups in total. The first-order valence-electron chi connectivity index (χ1n) is 6.13. The average molecular weight is 196 g/mol. The van der Waals surface area contributed by atoms with Crippen molar-refractivity contribution in [1.29, 1.82) is 0 Å². The Morgan fingerprint density at radius 3 is 1.93 bits per heavy atom. The molecule has 0 radical (unpaired) electrons. The largest absolute Gasteiger partial charge is 0.300 e. The summed E-state index contributed by atoms with van der Waals surface area (Å²) in [5.41, 5.74) is 0. The van der Waals surface area contributed by atoms with Gasteiger partial charge in [0.2, 0.25) is 0 Å². The summed E-state index contributed by atoms with van der Waals surface area (Å²) in [5, 5.41) is 0. The van der Waals surface area contributed by atoms with Gasteiger partial charge >= 0.3 is 0 Å². The van der Waals surface area contributed by atoms with Crippen LogP contribution in [-0.4, -0.2) is 5.78 Å². The van der Waals surface area contributed by atoms with E-state index in [4.69, 9.17) is 0 Å². The first-order valence-corrected chi connectivity index (χ1v) is 6.13. The summed E-state index contributed by atoms with van der Waals surface area (Å²) < 4.78 is 0. The molecule has 0 amide bonds. The minimum atomic E-state index is 0.327. The molecule has 1 aliphatic rings. The van der Waals surface area contributed by atoms with Gasteiger partial charge < -0.3 is 0 Å². The minimum Gasteiger partial charge on any atom is -0.300 e. The highest BCUT2D eigenvalue weighted by molar-refractivity contribution is 5.78. The lowest BCUT2D eigenvalue weighted by Gasteiger charge is -2.27. The summed E-state index contributed by atoms with van der Waals surface area (Å²) in [6, 6.07) is 0. The van der Waals surface area contributed by atoms with Crippen LogP contribution in [0.1, 0.15) is 59.3 Å². The van der Waals surface area contributed by atoms with Gasteiger partial charge in [-0.05, 0) is 31.6 Å². The van der Waals surface area contributed by atoms with E-state index in [1.807, 2.05) is 0 Å². The fraction of sp³-hybridized carbons (Fsp3) is 0.923. The second-order valence-corrected chi connectivity index (χ2v) is 5.13. The van der Waals surface area contributed by atoms with Crippen LogP contribution in [-0.2, 0) is 4.79 Å². The molecule has 0 aromatic heterocycles. The zero-order valence-corrected chi connectivity index (χ0v) is 9.88. The second-order valence-electron chi connectivity index (χ2n) is 5.13. The molecule has 0 bridgehead atoms. The van der Waals surface area contributed by atoms with Crippen LogP contribution in [0.25, 0.3) is 0 Å². The van der Waals surface area contributed by atoms with Crippen LogP contribution in [0, 0.1) is 17.8 Å². The van der Waals surface area contributed by atoms with Gasteiger partial charge in [0.25, 0.3) is 0 Å². The van der Waals surface area contributed by atoms with Crippen molar-refractivity contribution in [3.63, 3.8) is 0 Å². The summed E-state index contributed by atoms with van der Waals surface area (Å²) >= 11 is 0. The molecule has 82 valence electrons. The summed E-state index contributed by atoms with van der Waals surface area (Å²) in [6.07, 6.45) is 7.98. The highest BCUT2D eigenvalue weighted by atomic mass is 16.1. The Labute approximate surface area is 88.3 Å². The molecule has 0 heterocycles. The molecule has 0 aromatic rings. The molecule has 1 saturated carbocycles. The van der Waals surface area contributed by atoms with Crippen LogP contribution in [0.4, 0.5) is 0 Å². The van der Waals surface area contributed by atoms with Crippen molar-refractivity contribution in [2.24, 2.45) is 17.8 Å². The summed E-state index contributed by atoms with van der Waals surface area (Å²) in [6.45, 7) is 6.16. The first kappa shape index (κ1) is 11.7. The lowest BCUT2D eigenvalue weighted by atomic mass is 9.77. The topological polar surface area (TPSA) is 17.1 Å². The Hall–Kier alpha value is -0.330. The van der Waals surface area contributed by atoms with Gasteiger partial charge in [-0.1, -0.05) is 39.5 Å². The molecule has 1 heteroatoms. The van der Waals surface area contributed by atoms with E-state index in [1.54, 1.807) is 6.92 Å². The number of carbonyl (C=O) groups is 1. The molecule has 1 nitrogen and oxygen atoms in total. The third-order valence-corrected chi connectivity index (χ3v) is 3.60. The van der Waals surface area contributed by atoms with Crippen LogP contribution < -0.4 is 0 Å². The van der Waals surface area contributed by atoms with Crippen LogP contribution in [0.2, 0.25) is 0 Å². The molecule has 1 aliphatic carbocycles. The van der Waals surface area contributed by atoms with Gasteiger partial charge in [0.1, 0.15) is 5.78 Å². The van der Waals surface area contributed by atoms with Crippen molar-refractivity contribution < 1.29 is 4.79 Å². The number of hydrogen-bond acceptors (Lipinski definition) is 1. The highest BCUT2D eigenvalue weighted by Gasteiger charge is 2.28. The van der Waals surface area contributed by atoms with Crippen LogP contribution in [0.3, 0.4) is 0 Å². The fourth-order valence-electron chi connectivity index (χ4n) is 3.02. The maximum atomic E-state index is 11.6. The summed E-state index contributed by atoms with van der Waals surface area (Å²) in [7, 11) is 0. The Morgan fingerprint density at radius 1 is 1.07 bits per heavy atom. The monoisotopic (exact) mass is 196 g/mol. The molecule has 1 atom stereocenters. The van der Waals surface area contributed by atoms with E-state index >= 15 is 0 Å². The molecule has 1 rings (SSSR count). The normalized spacial score (nSPS) is 22.0. The van der Waals surface area contributed by atoms with E-state index in [0.29, 0.717) is 23.5 Å². The lowest BCUT2D eigenvalue weighted by molar-refractivity contribution is -0.124. The quantitative estimate of drug-likeness (QED) is 0.627. The van der Waals surface area contributed by atoms with Gasteiger partial charge in [-0.15, -0.1) is 0 Å². The maximum Gasteiger partial charge on any atom is 0.133 e. The smallest absolute Gasteiger partial charge is 0.133 e. The predicted octanol–water partition coefficient (Wildman–Crippen LogP) is 3.82. The molecule has 0 saturated heterocycles. The summed E-state index contributed by atoms with van der Waals surface area (Å²) in [5.74, 6) is 1.94. The van der Waals surface area contributed by atoms with E-state index in [-0.39, 0.29) is 0 Å². The molecule has 0 spiro atoms. The lowest BCUT2D eigenvalue weighted by Crippen LogP contribution is -2.26. The highest BCUT2D eigenvalue weighted by Crippen LogP contribution is 2.33. The van der Waals surface area contributed by atoms with Gasteiger partial charge in [-0.25, -0.2) is 0 Å². The zero-order chi connectivity index (χ0) is 10.6. The fourth-order valence-corrected chi connectivity index (χ4v) is 3.02. The molecule has 1 fully saturated rings. The van der Waals surface area contributed by atoms with Crippen molar-refractivity contribution in [3.05, 3.63) is 0 Å².